The molecule has 1 aliphatic rings. The van der Waals surface area contributed by atoms with Gasteiger partial charge in [0.1, 0.15) is 30.2 Å². The predicted molar refractivity (Wildman–Crippen MR) is 129 cm³/mol. The Kier molecular flexibility index (Phi) is 7.25. The largest absolute Gasteiger partial charge is 0.493 e. The number of hydrogen-bond donors (Lipinski definition) is 9. The highest BCUT2D eigenvalue weighted by Gasteiger charge is 2.64. The molecular formula is C22H24BrFN4O10. The van der Waals surface area contributed by atoms with E-state index in [0.29, 0.717) is 15.4 Å². The molecule has 2 heterocycles. The molecular weight excluding hydrogens is 579 g/mol. The molecule has 1 aromatic heterocycles. The maximum atomic E-state index is 14.3. The summed E-state index contributed by atoms with van der Waals surface area (Å²) in [6.45, 7) is -0.774. The Hall–Kier alpha value is -2.77. The first kappa shape index (κ1) is 28.2. The van der Waals surface area contributed by atoms with Crippen molar-refractivity contribution >= 4 is 38.3 Å². The quantitative estimate of drug-likeness (QED) is 0.153. The third-order valence-electron chi connectivity index (χ3n) is 5.75. The summed E-state index contributed by atoms with van der Waals surface area (Å²) in [5.74, 6) is -7.19. The molecule has 3 aromatic rings. The van der Waals surface area contributed by atoms with Gasteiger partial charge in [0.05, 0.1) is 18.3 Å². The van der Waals surface area contributed by atoms with E-state index in [2.05, 4.69) is 31.2 Å². The Morgan fingerprint density at radius 3 is 2.26 bits per heavy atom. The number of halogens is 2. The van der Waals surface area contributed by atoms with Crippen molar-refractivity contribution in [2.75, 3.05) is 19.0 Å². The number of aromatic nitrogens is 2. The summed E-state index contributed by atoms with van der Waals surface area (Å²) in [6.07, 6.45) is -5.10. The van der Waals surface area contributed by atoms with Gasteiger partial charge in [-0.3, -0.25) is 0 Å². The molecule has 16 heteroatoms. The summed E-state index contributed by atoms with van der Waals surface area (Å²) in [5, 5.41) is 82.8. The smallest absolute Gasteiger partial charge is 0.354 e. The maximum absolute atomic E-state index is 14.3. The van der Waals surface area contributed by atoms with E-state index in [-0.39, 0.29) is 23.0 Å². The second-order valence-corrected chi connectivity index (χ2v) is 9.76. The molecule has 1 fully saturated rings. The van der Waals surface area contributed by atoms with E-state index in [1.165, 1.54) is 37.7 Å². The number of ether oxygens (including phenoxy) is 2. The van der Waals surface area contributed by atoms with Crippen LogP contribution < -0.4 is 14.8 Å². The average Bonchev–Trinajstić information content (AvgIpc) is 2.76. The van der Waals surface area contributed by atoms with Crippen LogP contribution in [0.1, 0.15) is 12.8 Å². The molecule has 0 unspecified atom stereocenters. The number of methoxy groups -OCH3 is 1. The minimum Gasteiger partial charge on any atom is -0.493 e. The molecule has 0 atom stereocenters. The van der Waals surface area contributed by atoms with Crippen LogP contribution in [0.25, 0.3) is 10.9 Å². The van der Waals surface area contributed by atoms with Crippen molar-refractivity contribution in [1.82, 2.24) is 14.9 Å². The first-order chi connectivity index (χ1) is 17.5. The highest BCUT2D eigenvalue weighted by atomic mass is 79.9. The fourth-order valence-corrected chi connectivity index (χ4v) is 4.67. The molecule has 4 rings (SSSR count). The van der Waals surface area contributed by atoms with Crippen molar-refractivity contribution in [3.05, 3.63) is 46.9 Å². The lowest BCUT2D eigenvalue weighted by molar-refractivity contribution is -0.546. The summed E-state index contributed by atoms with van der Waals surface area (Å²) in [6, 6.07) is 7.29. The molecule has 1 saturated heterocycles. The molecule has 38 heavy (non-hydrogen) atoms. The van der Waals surface area contributed by atoms with Crippen LogP contribution in [0.15, 0.2) is 41.1 Å². The molecule has 0 amide bonds. The number of nitrogens with zero attached hydrogens (tertiary/aromatic N) is 3. The van der Waals surface area contributed by atoms with Crippen molar-refractivity contribution < 1.29 is 54.7 Å². The molecule has 9 N–H and O–H groups in total. The summed E-state index contributed by atoms with van der Waals surface area (Å²) >= 11 is 3.19. The lowest BCUT2D eigenvalue weighted by Crippen LogP contribution is -2.76. The minimum absolute atomic E-state index is 0.000826. The molecule has 1 aliphatic heterocycles. The standard InChI is InChI=1S/C22H24BrFN4O10/c1-37-16-5-12-15(25-10-26-18(12)27-14-3-2-11(23)4-13(14)24)6-17(16)38-9-19(29)7-20(30,31)28(22(34,35)36)21(32,33)8-19/h2-6,10,29-36H,7-9H2,1H3,(H,25,26,27). The topological polar surface area (TPSA) is 221 Å². The van der Waals surface area contributed by atoms with Crippen LogP contribution in [-0.2, 0) is 0 Å². The molecule has 206 valence electrons. The number of nitrogens with one attached hydrogen (secondary N) is 1. The number of benzene rings is 2. The van der Waals surface area contributed by atoms with Gasteiger partial charge in [0.25, 0.3) is 0 Å². The van der Waals surface area contributed by atoms with Gasteiger partial charge in [0, 0.05) is 28.8 Å². The van der Waals surface area contributed by atoms with Gasteiger partial charge in [0.15, 0.2) is 11.5 Å². The third-order valence-corrected chi connectivity index (χ3v) is 6.24. The summed E-state index contributed by atoms with van der Waals surface area (Å²) < 4.78 is 25.8. The van der Waals surface area contributed by atoms with Gasteiger partial charge < -0.3 is 55.6 Å². The molecule has 0 radical (unpaired) electrons. The van der Waals surface area contributed by atoms with Crippen LogP contribution in [0, 0.1) is 5.82 Å². The van der Waals surface area contributed by atoms with Crippen molar-refractivity contribution in [2.45, 2.75) is 36.4 Å². The fourth-order valence-electron chi connectivity index (χ4n) is 4.34. The number of hydrogen-bond acceptors (Lipinski definition) is 14. The zero-order chi connectivity index (χ0) is 28.1. The number of aliphatic hydroxyl groups is 8. The Labute approximate surface area is 221 Å². The van der Waals surface area contributed by atoms with Crippen LogP contribution in [0.4, 0.5) is 15.9 Å². The van der Waals surface area contributed by atoms with Gasteiger partial charge in [-0.1, -0.05) is 15.9 Å². The number of fused-ring (bicyclic) bond motifs is 1. The van der Waals surface area contributed by atoms with Crippen LogP contribution >= 0.6 is 15.9 Å². The van der Waals surface area contributed by atoms with Crippen LogP contribution in [-0.4, -0.2) is 93.0 Å². The summed E-state index contributed by atoms with van der Waals surface area (Å²) in [4.78, 5) is 7.68. The van der Waals surface area contributed by atoms with Crippen LogP contribution in [0.5, 0.6) is 11.5 Å². The molecule has 14 nitrogen and oxygen atoms in total. The Balaban J connectivity index is 1.61. The first-order valence-corrected chi connectivity index (χ1v) is 11.6. The van der Waals surface area contributed by atoms with Gasteiger partial charge in [-0.05, 0) is 24.3 Å². The van der Waals surface area contributed by atoms with E-state index in [9.17, 15) is 45.2 Å². The second kappa shape index (κ2) is 9.76. The summed E-state index contributed by atoms with van der Waals surface area (Å²) in [7, 11) is 1.31. The minimum atomic E-state index is -4.05. The van der Waals surface area contributed by atoms with Crippen molar-refractivity contribution in [2.24, 2.45) is 0 Å². The molecule has 0 bridgehead atoms. The van der Waals surface area contributed by atoms with E-state index in [1.54, 1.807) is 6.07 Å². The van der Waals surface area contributed by atoms with E-state index >= 15 is 0 Å². The number of rotatable bonds is 7. The van der Waals surface area contributed by atoms with Gasteiger partial charge >= 0.3 is 6.10 Å². The maximum Gasteiger partial charge on any atom is 0.354 e. The number of anilines is 2. The zero-order valence-corrected chi connectivity index (χ0v) is 21.2. The SMILES string of the molecule is COc1cc2c(Nc3ccc(Br)cc3F)ncnc2cc1OCC1(O)CC(O)(O)N(C(O)(O)O)C(O)(O)C1. The lowest BCUT2D eigenvalue weighted by Gasteiger charge is -2.53. The second-order valence-electron chi connectivity index (χ2n) is 8.84. The van der Waals surface area contributed by atoms with E-state index in [0.717, 1.165) is 0 Å². The van der Waals surface area contributed by atoms with E-state index in [1.807, 2.05) is 0 Å². The number of likely N-dealkylation sites (tertiary alicyclic amines) is 1. The highest BCUT2D eigenvalue weighted by molar-refractivity contribution is 9.10. The zero-order valence-electron chi connectivity index (χ0n) is 19.6. The predicted octanol–water partition coefficient (Wildman–Crippen LogP) is -0.646. The first-order valence-electron chi connectivity index (χ1n) is 10.8. The Morgan fingerprint density at radius 2 is 1.68 bits per heavy atom. The molecule has 0 saturated carbocycles. The lowest BCUT2D eigenvalue weighted by atomic mass is 9.86. The van der Waals surface area contributed by atoms with Crippen molar-refractivity contribution in [3.8, 4) is 11.5 Å². The summed E-state index contributed by atoms with van der Waals surface area (Å²) in [5.41, 5.74) is -1.92. The third kappa shape index (κ3) is 5.64. The monoisotopic (exact) mass is 602 g/mol. The van der Waals surface area contributed by atoms with E-state index < -0.39 is 53.7 Å². The van der Waals surface area contributed by atoms with Crippen molar-refractivity contribution in [3.63, 3.8) is 0 Å². The number of piperidine rings is 1. The van der Waals surface area contributed by atoms with Crippen molar-refractivity contribution in [1.29, 1.82) is 0 Å². The Morgan fingerprint density at radius 1 is 1.03 bits per heavy atom. The normalized spacial score (nSPS) is 18.8. The van der Waals surface area contributed by atoms with Gasteiger partial charge in [-0.25, -0.2) is 14.4 Å². The van der Waals surface area contributed by atoms with Gasteiger partial charge in [0.2, 0.25) is 11.8 Å². The van der Waals surface area contributed by atoms with Crippen LogP contribution in [0.2, 0.25) is 0 Å². The van der Waals surface area contributed by atoms with E-state index in [4.69, 9.17) is 9.47 Å². The fraction of sp³-hybridized carbons (Fsp3) is 0.364. The molecule has 0 aliphatic carbocycles. The van der Waals surface area contributed by atoms with Crippen LogP contribution in [0.3, 0.4) is 0 Å². The highest BCUT2D eigenvalue weighted by Crippen LogP contribution is 2.43. The van der Waals surface area contributed by atoms with Gasteiger partial charge in [-0.15, -0.1) is 4.90 Å². The molecule has 2 aromatic carbocycles. The molecule has 0 spiro atoms. The average molecular weight is 603 g/mol. The Bertz CT molecular complexity index is 1340. The van der Waals surface area contributed by atoms with Gasteiger partial charge in [-0.2, -0.15) is 0 Å².